The van der Waals surface area contributed by atoms with E-state index >= 15 is 0 Å². The Labute approximate surface area is 98.7 Å². The predicted molar refractivity (Wildman–Crippen MR) is 60.9 cm³/mol. The Bertz CT molecular complexity index is 524. The standard InChI is InChI=1S/C12H14FN3O/c1-3-16-12(14-7-15-16)11(17)9-5-4-8(2)10(13)6-9/h4-7,11,17H,3H2,1-2H3. The fraction of sp³-hybridized carbons (Fsp3) is 0.333. The summed E-state index contributed by atoms with van der Waals surface area (Å²) in [7, 11) is 0. The van der Waals surface area contributed by atoms with Gasteiger partial charge in [-0.25, -0.2) is 14.1 Å². The minimum Gasteiger partial charge on any atom is -0.380 e. The van der Waals surface area contributed by atoms with Gasteiger partial charge in [-0.05, 0) is 31.0 Å². The minimum atomic E-state index is -0.951. The van der Waals surface area contributed by atoms with E-state index in [1.165, 1.54) is 12.4 Å². The third-order valence-electron chi connectivity index (χ3n) is 2.70. The Balaban J connectivity index is 2.36. The predicted octanol–water partition coefficient (Wildman–Crippen LogP) is 1.83. The molecule has 0 spiro atoms. The van der Waals surface area contributed by atoms with Crippen molar-refractivity contribution in [2.45, 2.75) is 26.5 Å². The van der Waals surface area contributed by atoms with Crippen molar-refractivity contribution in [3.05, 3.63) is 47.3 Å². The molecule has 0 fully saturated rings. The first-order chi connectivity index (χ1) is 8.13. The Morgan fingerprint density at radius 2 is 2.24 bits per heavy atom. The Morgan fingerprint density at radius 1 is 1.47 bits per heavy atom. The van der Waals surface area contributed by atoms with Gasteiger partial charge in [-0.1, -0.05) is 12.1 Å². The first-order valence-electron chi connectivity index (χ1n) is 5.45. The maximum atomic E-state index is 13.4. The lowest BCUT2D eigenvalue weighted by atomic mass is 10.1. The van der Waals surface area contributed by atoms with E-state index < -0.39 is 6.10 Å². The smallest absolute Gasteiger partial charge is 0.160 e. The summed E-state index contributed by atoms with van der Waals surface area (Å²) >= 11 is 0. The van der Waals surface area contributed by atoms with Crippen LogP contribution in [-0.4, -0.2) is 19.9 Å². The number of aliphatic hydroxyl groups is 1. The van der Waals surface area contributed by atoms with Crippen molar-refractivity contribution in [1.29, 1.82) is 0 Å². The number of aromatic nitrogens is 3. The van der Waals surface area contributed by atoms with Crippen LogP contribution >= 0.6 is 0 Å². The second-order valence-corrected chi connectivity index (χ2v) is 3.85. The Morgan fingerprint density at radius 3 is 2.88 bits per heavy atom. The molecule has 2 aromatic rings. The van der Waals surface area contributed by atoms with Gasteiger partial charge in [-0.15, -0.1) is 0 Å². The molecule has 0 aliphatic rings. The summed E-state index contributed by atoms with van der Waals surface area (Å²) in [5, 5.41) is 14.1. The first-order valence-corrected chi connectivity index (χ1v) is 5.45. The molecule has 0 saturated heterocycles. The van der Waals surface area contributed by atoms with Gasteiger partial charge in [0.05, 0.1) is 0 Å². The van der Waals surface area contributed by atoms with Gasteiger partial charge in [0.2, 0.25) is 0 Å². The lowest BCUT2D eigenvalue weighted by Gasteiger charge is -2.11. The molecule has 0 bridgehead atoms. The van der Waals surface area contributed by atoms with Gasteiger partial charge in [0, 0.05) is 6.54 Å². The van der Waals surface area contributed by atoms with Crippen LogP contribution in [0.2, 0.25) is 0 Å². The molecule has 4 nitrogen and oxygen atoms in total. The van der Waals surface area contributed by atoms with E-state index in [0.29, 0.717) is 23.5 Å². The topological polar surface area (TPSA) is 50.9 Å². The summed E-state index contributed by atoms with van der Waals surface area (Å²) in [6.45, 7) is 4.20. The van der Waals surface area contributed by atoms with Crippen LogP contribution in [0.25, 0.3) is 0 Å². The van der Waals surface area contributed by atoms with E-state index in [1.807, 2.05) is 6.92 Å². The molecule has 1 atom stereocenters. The van der Waals surface area contributed by atoms with Gasteiger partial charge in [-0.2, -0.15) is 5.10 Å². The van der Waals surface area contributed by atoms with Crippen molar-refractivity contribution in [2.24, 2.45) is 0 Å². The van der Waals surface area contributed by atoms with Crippen molar-refractivity contribution < 1.29 is 9.50 Å². The van der Waals surface area contributed by atoms with E-state index in [-0.39, 0.29) is 5.82 Å². The second kappa shape index (κ2) is 4.63. The van der Waals surface area contributed by atoms with Crippen LogP contribution in [0.4, 0.5) is 4.39 Å². The van der Waals surface area contributed by atoms with Crippen LogP contribution in [0.5, 0.6) is 0 Å². The summed E-state index contributed by atoms with van der Waals surface area (Å²) in [6.07, 6.45) is 0.430. The molecule has 1 heterocycles. The monoisotopic (exact) mass is 235 g/mol. The third-order valence-corrected chi connectivity index (χ3v) is 2.70. The zero-order valence-corrected chi connectivity index (χ0v) is 9.76. The highest BCUT2D eigenvalue weighted by molar-refractivity contribution is 5.27. The van der Waals surface area contributed by atoms with E-state index in [1.54, 1.807) is 23.7 Å². The number of aliphatic hydroxyl groups excluding tert-OH is 1. The first kappa shape index (κ1) is 11.7. The number of benzene rings is 1. The third kappa shape index (κ3) is 2.19. The summed E-state index contributed by atoms with van der Waals surface area (Å²) in [5.41, 5.74) is 1.04. The van der Waals surface area contributed by atoms with Gasteiger partial charge in [0.25, 0.3) is 0 Å². The van der Waals surface area contributed by atoms with E-state index in [9.17, 15) is 9.50 Å². The summed E-state index contributed by atoms with van der Waals surface area (Å²) < 4.78 is 15.0. The summed E-state index contributed by atoms with van der Waals surface area (Å²) in [6, 6.07) is 4.66. The van der Waals surface area contributed by atoms with Crippen molar-refractivity contribution in [3.8, 4) is 0 Å². The molecular formula is C12H14FN3O. The van der Waals surface area contributed by atoms with Crippen LogP contribution in [-0.2, 0) is 6.54 Å². The molecule has 0 radical (unpaired) electrons. The molecule has 1 unspecified atom stereocenters. The zero-order chi connectivity index (χ0) is 12.4. The SMILES string of the molecule is CCn1ncnc1C(O)c1ccc(C)c(F)c1. The quantitative estimate of drug-likeness (QED) is 0.883. The Kier molecular flexibility index (Phi) is 3.19. The zero-order valence-electron chi connectivity index (χ0n) is 9.76. The number of hydrogen-bond donors (Lipinski definition) is 1. The molecule has 1 aromatic heterocycles. The lowest BCUT2D eigenvalue weighted by Crippen LogP contribution is -2.10. The molecule has 1 N–H and O–H groups in total. The van der Waals surface area contributed by atoms with Gasteiger partial charge in [0.15, 0.2) is 5.82 Å². The normalized spacial score (nSPS) is 12.7. The average Bonchev–Trinajstić information content (AvgIpc) is 2.80. The van der Waals surface area contributed by atoms with E-state index in [4.69, 9.17) is 0 Å². The average molecular weight is 235 g/mol. The van der Waals surface area contributed by atoms with Gasteiger partial charge >= 0.3 is 0 Å². The van der Waals surface area contributed by atoms with Crippen LogP contribution in [0.1, 0.15) is 30.0 Å². The molecule has 5 heteroatoms. The highest BCUT2D eigenvalue weighted by Gasteiger charge is 2.17. The fourth-order valence-electron chi connectivity index (χ4n) is 1.66. The highest BCUT2D eigenvalue weighted by Crippen LogP contribution is 2.21. The molecule has 17 heavy (non-hydrogen) atoms. The maximum Gasteiger partial charge on any atom is 0.160 e. The fourth-order valence-corrected chi connectivity index (χ4v) is 1.66. The molecular weight excluding hydrogens is 221 g/mol. The largest absolute Gasteiger partial charge is 0.380 e. The molecule has 0 aliphatic carbocycles. The molecule has 1 aromatic carbocycles. The van der Waals surface area contributed by atoms with Gasteiger partial charge < -0.3 is 5.11 Å². The van der Waals surface area contributed by atoms with Gasteiger partial charge in [-0.3, -0.25) is 0 Å². The van der Waals surface area contributed by atoms with Crippen molar-refractivity contribution in [2.75, 3.05) is 0 Å². The maximum absolute atomic E-state index is 13.4. The van der Waals surface area contributed by atoms with Crippen molar-refractivity contribution in [3.63, 3.8) is 0 Å². The van der Waals surface area contributed by atoms with E-state index in [2.05, 4.69) is 10.1 Å². The van der Waals surface area contributed by atoms with E-state index in [0.717, 1.165) is 0 Å². The summed E-state index contributed by atoms with van der Waals surface area (Å²) in [5.74, 6) is 0.0971. The Hall–Kier alpha value is -1.75. The summed E-state index contributed by atoms with van der Waals surface area (Å²) in [4.78, 5) is 3.99. The minimum absolute atomic E-state index is 0.330. The van der Waals surface area contributed by atoms with Crippen molar-refractivity contribution >= 4 is 0 Å². The van der Waals surface area contributed by atoms with Crippen LogP contribution in [0.3, 0.4) is 0 Å². The van der Waals surface area contributed by atoms with Gasteiger partial charge in [0.1, 0.15) is 18.2 Å². The van der Waals surface area contributed by atoms with Crippen molar-refractivity contribution in [1.82, 2.24) is 14.8 Å². The van der Waals surface area contributed by atoms with Crippen LogP contribution in [0.15, 0.2) is 24.5 Å². The number of halogens is 1. The number of rotatable bonds is 3. The molecule has 2 rings (SSSR count). The number of hydrogen-bond acceptors (Lipinski definition) is 3. The number of nitrogens with zero attached hydrogens (tertiary/aromatic N) is 3. The highest BCUT2D eigenvalue weighted by atomic mass is 19.1. The second-order valence-electron chi connectivity index (χ2n) is 3.85. The lowest BCUT2D eigenvalue weighted by molar-refractivity contribution is 0.202. The van der Waals surface area contributed by atoms with Crippen LogP contribution < -0.4 is 0 Å². The van der Waals surface area contributed by atoms with Crippen LogP contribution in [0, 0.1) is 12.7 Å². The molecule has 0 amide bonds. The molecule has 0 saturated carbocycles. The molecule has 0 aliphatic heterocycles. The number of aryl methyl sites for hydroxylation is 2. The molecule has 90 valence electrons.